The van der Waals surface area contributed by atoms with Gasteiger partial charge in [-0.25, -0.2) is 9.37 Å². The SMILES string of the molecule is CCSc1nnc(NC(=O)CSc2nc3c([nH]c4ccccc43)c(=O)n2-c2ccc(F)cc2)s1. The van der Waals surface area contributed by atoms with Crippen LogP contribution in [0.5, 0.6) is 0 Å². The first-order valence-corrected chi connectivity index (χ1v) is 13.0. The van der Waals surface area contributed by atoms with Crippen molar-refractivity contribution in [2.24, 2.45) is 0 Å². The Labute approximate surface area is 205 Å². The molecule has 0 fully saturated rings. The number of carbonyl (C=O) groups excluding carboxylic acids is 1. The minimum absolute atomic E-state index is 0.00265. The van der Waals surface area contributed by atoms with Gasteiger partial charge >= 0.3 is 0 Å². The van der Waals surface area contributed by atoms with Crippen molar-refractivity contribution < 1.29 is 9.18 Å². The van der Waals surface area contributed by atoms with Crippen LogP contribution >= 0.6 is 34.9 Å². The number of anilines is 1. The van der Waals surface area contributed by atoms with Crippen LogP contribution in [-0.4, -0.2) is 42.1 Å². The number of halogens is 1. The molecule has 0 spiro atoms. The lowest BCUT2D eigenvalue weighted by atomic mass is 10.2. The Kier molecular flexibility index (Phi) is 6.35. The summed E-state index contributed by atoms with van der Waals surface area (Å²) in [5, 5.41) is 12.3. The van der Waals surface area contributed by atoms with Crippen molar-refractivity contribution in [1.29, 1.82) is 0 Å². The first kappa shape index (κ1) is 22.6. The third kappa shape index (κ3) is 4.43. The second-order valence-electron chi connectivity index (χ2n) is 7.05. The summed E-state index contributed by atoms with van der Waals surface area (Å²) < 4.78 is 15.7. The molecule has 34 heavy (non-hydrogen) atoms. The highest BCUT2D eigenvalue weighted by atomic mass is 32.2. The van der Waals surface area contributed by atoms with Crippen molar-refractivity contribution in [3.63, 3.8) is 0 Å². The summed E-state index contributed by atoms with van der Waals surface area (Å²) >= 11 is 3.97. The van der Waals surface area contributed by atoms with Crippen LogP contribution < -0.4 is 10.9 Å². The van der Waals surface area contributed by atoms with Gasteiger partial charge < -0.3 is 4.98 Å². The van der Waals surface area contributed by atoms with Gasteiger partial charge in [-0.05, 0) is 36.1 Å². The number of thioether (sulfide) groups is 2. The summed E-state index contributed by atoms with van der Waals surface area (Å²) in [7, 11) is 0. The molecule has 0 atom stereocenters. The molecule has 0 unspecified atom stereocenters. The Morgan fingerprint density at radius 1 is 1.15 bits per heavy atom. The van der Waals surface area contributed by atoms with Crippen LogP contribution in [0.4, 0.5) is 9.52 Å². The number of nitrogens with zero attached hydrogens (tertiary/aromatic N) is 4. The molecule has 5 rings (SSSR count). The summed E-state index contributed by atoms with van der Waals surface area (Å²) in [5.41, 5.74) is 1.76. The zero-order valence-electron chi connectivity index (χ0n) is 17.7. The second kappa shape index (κ2) is 9.57. The summed E-state index contributed by atoms with van der Waals surface area (Å²) in [6.45, 7) is 2.01. The van der Waals surface area contributed by atoms with E-state index in [0.717, 1.165) is 32.8 Å². The van der Waals surface area contributed by atoms with Gasteiger partial charge in [0.1, 0.15) is 16.9 Å². The highest BCUT2D eigenvalue weighted by Crippen LogP contribution is 2.28. The fourth-order valence-corrected chi connectivity index (χ4v) is 5.86. The van der Waals surface area contributed by atoms with Gasteiger partial charge in [0.2, 0.25) is 11.0 Å². The van der Waals surface area contributed by atoms with Crippen molar-refractivity contribution in [3.05, 3.63) is 64.7 Å². The molecule has 3 aromatic heterocycles. The predicted octanol–water partition coefficient (Wildman–Crippen LogP) is 4.70. The first-order valence-electron chi connectivity index (χ1n) is 10.2. The minimum atomic E-state index is -0.414. The second-order valence-corrected chi connectivity index (χ2v) is 10.5. The van der Waals surface area contributed by atoms with E-state index in [9.17, 15) is 14.0 Å². The molecule has 8 nitrogen and oxygen atoms in total. The molecule has 2 aromatic carbocycles. The molecule has 0 aliphatic carbocycles. The zero-order chi connectivity index (χ0) is 23.7. The number of benzene rings is 2. The fraction of sp³-hybridized carbons (Fsp3) is 0.136. The zero-order valence-corrected chi connectivity index (χ0v) is 20.2. The maximum Gasteiger partial charge on any atom is 0.283 e. The van der Waals surface area contributed by atoms with Gasteiger partial charge in [-0.3, -0.25) is 19.5 Å². The van der Waals surface area contributed by atoms with Gasteiger partial charge in [-0.2, -0.15) is 0 Å². The van der Waals surface area contributed by atoms with Gasteiger partial charge in [0, 0.05) is 10.9 Å². The average molecular weight is 513 g/mol. The predicted molar refractivity (Wildman–Crippen MR) is 135 cm³/mol. The quantitative estimate of drug-likeness (QED) is 0.185. The Morgan fingerprint density at radius 2 is 1.94 bits per heavy atom. The number of hydrogen-bond donors (Lipinski definition) is 2. The smallest absolute Gasteiger partial charge is 0.283 e. The van der Waals surface area contributed by atoms with E-state index in [1.807, 2.05) is 31.2 Å². The van der Waals surface area contributed by atoms with E-state index in [0.29, 0.717) is 27.0 Å². The number of carbonyl (C=O) groups is 1. The molecular weight excluding hydrogens is 495 g/mol. The van der Waals surface area contributed by atoms with E-state index in [1.54, 1.807) is 11.8 Å². The molecule has 1 amide bonds. The molecule has 0 saturated carbocycles. The van der Waals surface area contributed by atoms with E-state index in [4.69, 9.17) is 4.98 Å². The summed E-state index contributed by atoms with van der Waals surface area (Å²) in [4.78, 5) is 33.9. The molecule has 0 aliphatic heterocycles. The average Bonchev–Trinajstić information content (AvgIpc) is 3.43. The van der Waals surface area contributed by atoms with Crippen molar-refractivity contribution in [3.8, 4) is 5.69 Å². The summed E-state index contributed by atoms with van der Waals surface area (Å²) in [5.74, 6) is 0.148. The number of para-hydroxylation sites is 1. The topological polar surface area (TPSA) is 106 Å². The van der Waals surface area contributed by atoms with Crippen LogP contribution in [0.15, 0.2) is 62.8 Å². The van der Waals surface area contributed by atoms with Gasteiger partial charge in [0.15, 0.2) is 9.50 Å². The van der Waals surface area contributed by atoms with Gasteiger partial charge in [-0.15, -0.1) is 10.2 Å². The van der Waals surface area contributed by atoms with E-state index < -0.39 is 5.82 Å². The number of fused-ring (bicyclic) bond motifs is 3. The number of H-pyrrole nitrogens is 1. The molecule has 12 heteroatoms. The molecule has 0 bridgehead atoms. The van der Waals surface area contributed by atoms with Crippen molar-refractivity contribution in [1.82, 2.24) is 24.7 Å². The minimum Gasteiger partial charge on any atom is -0.349 e. The molecule has 5 aromatic rings. The first-order chi connectivity index (χ1) is 16.5. The van der Waals surface area contributed by atoms with E-state index in [-0.39, 0.29) is 17.2 Å². The molecular formula is C22H17FN6O2S3. The largest absolute Gasteiger partial charge is 0.349 e. The van der Waals surface area contributed by atoms with Crippen LogP contribution in [0.2, 0.25) is 0 Å². The highest BCUT2D eigenvalue weighted by molar-refractivity contribution is 8.01. The van der Waals surface area contributed by atoms with Gasteiger partial charge in [0.25, 0.3) is 5.56 Å². The van der Waals surface area contributed by atoms with Crippen LogP contribution in [0.3, 0.4) is 0 Å². The molecule has 0 saturated heterocycles. The Hall–Kier alpha value is -3.22. The number of amides is 1. The standard InChI is InChI=1S/C22H17FN6O2S3/c1-2-32-22-28-27-20(34-22)25-16(30)11-33-21-26-17-14-5-3-4-6-15(14)24-18(17)19(31)29(21)13-9-7-12(23)8-10-13/h3-10,24H,2,11H2,1H3,(H,25,27,30). The lowest BCUT2D eigenvalue weighted by Gasteiger charge is -2.12. The van der Waals surface area contributed by atoms with E-state index in [2.05, 4.69) is 20.5 Å². The Balaban J connectivity index is 1.50. The lowest BCUT2D eigenvalue weighted by Crippen LogP contribution is -2.23. The number of aromatic amines is 1. The van der Waals surface area contributed by atoms with Crippen LogP contribution in [-0.2, 0) is 4.79 Å². The van der Waals surface area contributed by atoms with Crippen LogP contribution in [0.25, 0.3) is 27.6 Å². The number of aromatic nitrogens is 5. The van der Waals surface area contributed by atoms with Crippen molar-refractivity contribution in [2.45, 2.75) is 16.4 Å². The molecule has 3 heterocycles. The third-order valence-electron chi connectivity index (χ3n) is 4.83. The monoisotopic (exact) mass is 512 g/mol. The van der Waals surface area contributed by atoms with Gasteiger partial charge in [-0.1, -0.05) is 60.0 Å². The van der Waals surface area contributed by atoms with E-state index >= 15 is 0 Å². The Bertz CT molecular complexity index is 1560. The van der Waals surface area contributed by atoms with Crippen LogP contribution in [0, 0.1) is 5.82 Å². The molecule has 2 N–H and O–H groups in total. The summed E-state index contributed by atoms with van der Waals surface area (Å²) in [6.07, 6.45) is 0. The number of hydrogen-bond acceptors (Lipinski definition) is 8. The highest BCUT2D eigenvalue weighted by Gasteiger charge is 2.18. The maximum absolute atomic E-state index is 13.5. The van der Waals surface area contributed by atoms with Gasteiger partial charge in [0.05, 0.1) is 11.4 Å². The molecule has 172 valence electrons. The number of nitrogens with one attached hydrogen (secondary N) is 2. The lowest BCUT2D eigenvalue weighted by molar-refractivity contribution is -0.113. The van der Waals surface area contributed by atoms with Crippen molar-refractivity contribution in [2.75, 3.05) is 16.8 Å². The van der Waals surface area contributed by atoms with E-state index in [1.165, 1.54) is 40.2 Å². The summed E-state index contributed by atoms with van der Waals surface area (Å²) in [6, 6.07) is 13.1. The molecule has 0 aliphatic rings. The Morgan fingerprint density at radius 3 is 2.74 bits per heavy atom. The normalized spacial score (nSPS) is 11.4. The third-order valence-corrected chi connectivity index (χ3v) is 7.62. The van der Waals surface area contributed by atoms with Crippen molar-refractivity contribution >= 4 is 67.8 Å². The molecule has 0 radical (unpaired) electrons. The van der Waals surface area contributed by atoms with Crippen LogP contribution in [0.1, 0.15) is 6.92 Å². The number of rotatable bonds is 7. The fourth-order valence-electron chi connectivity index (χ4n) is 3.38. The maximum atomic E-state index is 13.5.